The molecule has 0 aliphatic heterocycles. The van der Waals surface area contributed by atoms with E-state index in [-0.39, 0.29) is 0 Å². The fourth-order valence-electron chi connectivity index (χ4n) is 0.680. The summed E-state index contributed by atoms with van der Waals surface area (Å²) in [5.41, 5.74) is 6.21. The van der Waals surface area contributed by atoms with Crippen LogP contribution >= 0.6 is 12.8 Å². The Kier molecular flexibility index (Phi) is 2.01. The van der Waals surface area contributed by atoms with Crippen LogP contribution in [-0.2, 0) is 0 Å². The van der Waals surface area contributed by atoms with E-state index in [1.165, 1.54) is 0 Å². The van der Waals surface area contributed by atoms with Crippen molar-refractivity contribution in [1.82, 2.24) is 4.98 Å². The Morgan fingerprint density at radius 2 is 2.40 bits per heavy atom. The van der Waals surface area contributed by atoms with E-state index >= 15 is 0 Å². The van der Waals surface area contributed by atoms with E-state index in [1.54, 1.807) is 29.7 Å². The lowest BCUT2D eigenvalue weighted by atomic mass is 10.4. The van der Waals surface area contributed by atoms with Crippen LogP contribution in [0, 0.1) is 0 Å². The van der Waals surface area contributed by atoms with Gasteiger partial charge in [-0.1, -0.05) is 12.8 Å². The van der Waals surface area contributed by atoms with E-state index in [2.05, 4.69) is 17.8 Å². The van der Waals surface area contributed by atoms with Gasteiger partial charge in [0.05, 0.1) is 5.69 Å². The SMILES string of the molecule is CN(S)c1ncccc1N. The number of nitrogens with two attached hydrogens (primary N) is 1. The second-order valence-electron chi connectivity index (χ2n) is 1.94. The van der Waals surface area contributed by atoms with Gasteiger partial charge in [-0.15, -0.1) is 0 Å². The predicted molar refractivity (Wildman–Crippen MR) is 46.0 cm³/mol. The molecule has 10 heavy (non-hydrogen) atoms. The second kappa shape index (κ2) is 2.79. The number of nitrogens with zero attached hydrogens (tertiary/aromatic N) is 2. The molecule has 1 aromatic heterocycles. The van der Waals surface area contributed by atoms with Gasteiger partial charge in [-0.05, 0) is 12.1 Å². The number of anilines is 2. The standard InChI is InChI=1S/C6H9N3S/c1-9(10)6-5(7)3-2-4-8-6/h2-4,10H,7H2,1H3. The van der Waals surface area contributed by atoms with Crippen LogP contribution in [0.4, 0.5) is 11.5 Å². The lowest BCUT2D eigenvalue weighted by Gasteiger charge is -2.10. The highest BCUT2D eigenvalue weighted by molar-refractivity contribution is 7.81. The van der Waals surface area contributed by atoms with Crippen molar-refractivity contribution in [2.45, 2.75) is 0 Å². The molecule has 4 heteroatoms. The number of thiol groups is 1. The molecule has 2 N–H and O–H groups in total. The Hall–Kier alpha value is -0.900. The van der Waals surface area contributed by atoms with Gasteiger partial charge in [-0.3, -0.25) is 0 Å². The molecule has 0 aliphatic carbocycles. The Balaban J connectivity index is 3.03. The van der Waals surface area contributed by atoms with E-state index in [1.807, 2.05) is 0 Å². The first-order valence-electron chi connectivity index (χ1n) is 2.85. The number of aromatic nitrogens is 1. The molecule has 0 fully saturated rings. The van der Waals surface area contributed by atoms with Crippen molar-refractivity contribution in [2.75, 3.05) is 17.1 Å². The van der Waals surface area contributed by atoms with Crippen molar-refractivity contribution in [3.8, 4) is 0 Å². The molecule has 1 aromatic rings. The Morgan fingerprint density at radius 1 is 1.70 bits per heavy atom. The van der Waals surface area contributed by atoms with E-state index in [9.17, 15) is 0 Å². The van der Waals surface area contributed by atoms with E-state index in [4.69, 9.17) is 5.73 Å². The van der Waals surface area contributed by atoms with Crippen molar-refractivity contribution in [2.24, 2.45) is 0 Å². The zero-order valence-corrected chi connectivity index (χ0v) is 6.55. The first kappa shape index (κ1) is 7.21. The highest BCUT2D eigenvalue weighted by Crippen LogP contribution is 2.17. The van der Waals surface area contributed by atoms with E-state index in [0.29, 0.717) is 11.5 Å². The smallest absolute Gasteiger partial charge is 0.161 e. The van der Waals surface area contributed by atoms with Gasteiger partial charge < -0.3 is 10.0 Å². The minimum Gasteiger partial charge on any atom is -0.396 e. The van der Waals surface area contributed by atoms with Crippen LogP contribution in [0.3, 0.4) is 0 Å². The zero-order valence-electron chi connectivity index (χ0n) is 5.65. The van der Waals surface area contributed by atoms with Crippen molar-refractivity contribution < 1.29 is 0 Å². The molecule has 0 aliphatic rings. The summed E-state index contributed by atoms with van der Waals surface area (Å²) in [5.74, 6) is 0.686. The maximum absolute atomic E-state index is 5.57. The normalized spacial score (nSPS) is 9.40. The van der Waals surface area contributed by atoms with Gasteiger partial charge in [-0.25, -0.2) is 4.98 Å². The number of hydrogen-bond donors (Lipinski definition) is 2. The average Bonchev–Trinajstić information content (AvgIpc) is 1.88. The second-order valence-corrected chi connectivity index (χ2v) is 2.54. The Labute approximate surface area is 65.4 Å². The molecule has 0 bridgehead atoms. The summed E-state index contributed by atoms with van der Waals surface area (Å²) in [4.78, 5) is 4.00. The molecule has 0 aromatic carbocycles. The Bertz CT molecular complexity index is 224. The lowest BCUT2D eigenvalue weighted by Crippen LogP contribution is -2.06. The van der Waals surface area contributed by atoms with Gasteiger partial charge in [0.25, 0.3) is 0 Å². The molecule has 54 valence electrons. The summed E-state index contributed by atoms with van der Waals surface area (Å²) in [7, 11) is 1.78. The van der Waals surface area contributed by atoms with E-state index < -0.39 is 0 Å². The molecular formula is C6H9N3S. The molecule has 0 saturated carbocycles. The highest BCUT2D eigenvalue weighted by Gasteiger charge is 1.99. The summed E-state index contributed by atoms with van der Waals surface area (Å²) < 4.78 is 1.58. The molecule has 0 spiro atoms. The third-order valence-electron chi connectivity index (χ3n) is 1.12. The molecule has 1 rings (SSSR count). The molecular weight excluding hydrogens is 146 g/mol. The van der Waals surface area contributed by atoms with Crippen LogP contribution in [-0.4, -0.2) is 12.0 Å². The van der Waals surface area contributed by atoms with Crippen LogP contribution in [0.25, 0.3) is 0 Å². The van der Waals surface area contributed by atoms with Gasteiger partial charge in [0.15, 0.2) is 5.82 Å². The topological polar surface area (TPSA) is 42.2 Å². The molecule has 0 atom stereocenters. The number of rotatable bonds is 1. The summed E-state index contributed by atoms with van der Waals surface area (Å²) in [6.45, 7) is 0. The third kappa shape index (κ3) is 1.33. The summed E-state index contributed by atoms with van der Waals surface area (Å²) in [5, 5.41) is 0. The molecule has 0 unspecified atom stereocenters. The molecule has 0 radical (unpaired) electrons. The van der Waals surface area contributed by atoms with E-state index in [0.717, 1.165) is 0 Å². The van der Waals surface area contributed by atoms with Crippen LogP contribution in [0.5, 0.6) is 0 Å². The quantitative estimate of drug-likeness (QED) is 0.593. The Morgan fingerprint density at radius 3 is 2.80 bits per heavy atom. The number of hydrogen-bond acceptors (Lipinski definition) is 4. The van der Waals surface area contributed by atoms with Gasteiger partial charge in [-0.2, -0.15) is 0 Å². The number of pyridine rings is 1. The highest BCUT2D eigenvalue weighted by atomic mass is 32.1. The van der Waals surface area contributed by atoms with Gasteiger partial charge in [0, 0.05) is 13.2 Å². The monoisotopic (exact) mass is 155 g/mol. The van der Waals surface area contributed by atoms with Crippen molar-refractivity contribution >= 4 is 24.3 Å². The molecule has 1 heterocycles. The summed E-state index contributed by atoms with van der Waals surface area (Å²) in [6.07, 6.45) is 1.68. The van der Waals surface area contributed by atoms with Crippen LogP contribution in [0.15, 0.2) is 18.3 Å². The van der Waals surface area contributed by atoms with Crippen molar-refractivity contribution in [1.29, 1.82) is 0 Å². The number of nitrogen functional groups attached to an aromatic ring is 1. The van der Waals surface area contributed by atoms with Crippen LogP contribution in [0.1, 0.15) is 0 Å². The van der Waals surface area contributed by atoms with Crippen LogP contribution in [0.2, 0.25) is 0 Å². The summed E-state index contributed by atoms with van der Waals surface area (Å²) in [6, 6.07) is 3.57. The molecule has 3 nitrogen and oxygen atoms in total. The fourth-order valence-corrected chi connectivity index (χ4v) is 0.847. The largest absolute Gasteiger partial charge is 0.396 e. The predicted octanol–water partition coefficient (Wildman–Crippen LogP) is 0.945. The van der Waals surface area contributed by atoms with Gasteiger partial charge >= 0.3 is 0 Å². The minimum absolute atomic E-state index is 0.639. The maximum atomic E-state index is 5.57. The van der Waals surface area contributed by atoms with Crippen molar-refractivity contribution in [3.63, 3.8) is 0 Å². The third-order valence-corrected chi connectivity index (χ3v) is 1.31. The molecule has 0 saturated heterocycles. The zero-order chi connectivity index (χ0) is 7.56. The van der Waals surface area contributed by atoms with Crippen molar-refractivity contribution in [3.05, 3.63) is 18.3 Å². The van der Waals surface area contributed by atoms with Gasteiger partial charge in [0.2, 0.25) is 0 Å². The minimum atomic E-state index is 0.639. The first-order chi connectivity index (χ1) is 4.72. The lowest BCUT2D eigenvalue weighted by molar-refractivity contribution is 1.23. The van der Waals surface area contributed by atoms with Gasteiger partial charge in [0.1, 0.15) is 0 Å². The fraction of sp³-hybridized carbons (Fsp3) is 0.167. The maximum Gasteiger partial charge on any atom is 0.161 e. The van der Waals surface area contributed by atoms with Crippen LogP contribution < -0.4 is 10.0 Å². The molecule has 0 amide bonds. The average molecular weight is 155 g/mol. The first-order valence-corrected chi connectivity index (χ1v) is 3.25. The summed E-state index contributed by atoms with van der Waals surface area (Å²) >= 11 is 4.05.